The van der Waals surface area contributed by atoms with E-state index in [9.17, 15) is 4.39 Å². The van der Waals surface area contributed by atoms with Gasteiger partial charge in [0.1, 0.15) is 5.82 Å². The predicted molar refractivity (Wildman–Crippen MR) is 69.3 cm³/mol. The van der Waals surface area contributed by atoms with Crippen molar-refractivity contribution in [3.8, 4) is 0 Å². The Morgan fingerprint density at radius 2 is 2.22 bits per heavy atom. The molecule has 0 saturated heterocycles. The fourth-order valence-electron chi connectivity index (χ4n) is 2.47. The van der Waals surface area contributed by atoms with Crippen molar-refractivity contribution in [1.82, 2.24) is 4.98 Å². The van der Waals surface area contributed by atoms with Gasteiger partial charge in [-0.05, 0) is 18.6 Å². The fraction of sp³-hybridized carbons (Fsp3) is 0.357. The molecule has 0 fully saturated rings. The number of aryl methyl sites for hydroxylation is 1. The summed E-state index contributed by atoms with van der Waals surface area (Å²) in [6.45, 7) is 3.03. The first-order chi connectivity index (χ1) is 8.70. The molecule has 3 nitrogen and oxygen atoms in total. The van der Waals surface area contributed by atoms with Gasteiger partial charge in [-0.2, -0.15) is 0 Å². The molecule has 0 saturated carbocycles. The lowest BCUT2D eigenvalue weighted by Gasteiger charge is -2.21. The Labute approximate surface area is 105 Å². The van der Waals surface area contributed by atoms with Crippen molar-refractivity contribution in [1.29, 1.82) is 0 Å². The molecule has 18 heavy (non-hydrogen) atoms. The maximum absolute atomic E-state index is 13.6. The summed E-state index contributed by atoms with van der Waals surface area (Å²) in [6.07, 6.45) is 0.787. The maximum atomic E-state index is 13.6. The van der Waals surface area contributed by atoms with Gasteiger partial charge < -0.3 is 10.1 Å². The highest BCUT2D eigenvalue weighted by atomic mass is 19.1. The summed E-state index contributed by atoms with van der Waals surface area (Å²) in [5.74, 6) is -0.205. The van der Waals surface area contributed by atoms with Crippen LogP contribution in [0, 0.1) is 12.7 Å². The maximum Gasteiger partial charge on any atom is 0.128 e. The summed E-state index contributed by atoms with van der Waals surface area (Å²) < 4.78 is 19.1. The number of aromatic nitrogens is 1. The molecular formula is C14H15FN2O. The number of rotatable bonds is 1. The average molecular weight is 246 g/mol. The predicted octanol–water partition coefficient (Wildman–Crippen LogP) is 2.80. The van der Waals surface area contributed by atoms with Crippen LogP contribution in [0.4, 0.5) is 10.1 Å². The van der Waals surface area contributed by atoms with Gasteiger partial charge in [-0.3, -0.25) is 4.98 Å². The average Bonchev–Trinajstić information content (AvgIpc) is 2.38. The SMILES string of the molecule is CNc1c2c(nc3cc(F)c(C)cc13)CCOC2. The molecule has 1 aromatic heterocycles. The summed E-state index contributed by atoms with van der Waals surface area (Å²) in [5.41, 5.74) is 4.47. The third-order valence-corrected chi connectivity index (χ3v) is 3.43. The molecule has 0 radical (unpaired) electrons. The van der Waals surface area contributed by atoms with Crippen LogP contribution in [0.3, 0.4) is 0 Å². The summed E-state index contributed by atoms with van der Waals surface area (Å²) >= 11 is 0. The van der Waals surface area contributed by atoms with Gasteiger partial charge >= 0.3 is 0 Å². The standard InChI is InChI=1S/C14H15FN2O/c1-8-5-9-13(6-11(8)15)17-12-3-4-18-7-10(12)14(9)16-2/h5-6H,3-4,7H2,1-2H3,(H,16,17). The van der Waals surface area contributed by atoms with Crippen LogP contribution in [0.5, 0.6) is 0 Å². The normalized spacial score (nSPS) is 14.6. The number of nitrogens with zero attached hydrogens (tertiary/aromatic N) is 1. The molecule has 0 spiro atoms. The van der Waals surface area contributed by atoms with Gasteiger partial charge in [-0.1, -0.05) is 0 Å². The molecule has 1 aliphatic rings. The lowest BCUT2D eigenvalue weighted by atomic mass is 10.0. The van der Waals surface area contributed by atoms with Gasteiger partial charge in [-0.25, -0.2) is 4.39 Å². The lowest BCUT2D eigenvalue weighted by Crippen LogP contribution is -2.14. The van der Waals surface area contributed by atoms with E-state index in [1.165, 1.54) is 6.07 Å². The van der Waals surface area contributed by atoms with Crippen molar-refractivity contribution in [2.75, 3.05) is 19.0 Å². The number of anilines is 1. The van der Waals surface area contributed by atoms with E-state index in [1.807, 2.05) is 13.1 Å². The number of benzene rings is 1. The first-order valence-corrected chi connectivity index (χ1v) is 6.08. The molecule has 0 unspecified atom stereocenters. The van der Waals surface area contributed by atoms with Crippen molar-refractivity contribution in [2.24, 2.45) is 0 Å². The number of hydrogen-bond acceptors (Lipinski definition) is 3. The fourth-order valence-corrected chi connectivity index (χ4v) is 2.47. The molecule has 1 aliphatic heterocycles. The third kappa shape index (κ3) is 1.64. The Balaban J connectivity index is 2.36. The Kier molecular flexibility index (Phi) is 2.67. The second-order valence-electron chi connectivity index (χ2n) is 4.58. The minimum atomic E-state index is -0.205. The first kappa shape index (κ1) is 11.4. The molecule has 0 atom stereocenters. The zero-order valence-electron chi connectivity index (χ0n) is 10.5. The zero-order valence-corrected chi connectivity index (χ0v) is 10.5. The summed E-state index contributed by atoms with van der Waals surface area (Å²) in [4.78, 5) is 4.57. The highest BCUT2D eigenvalue weighted by molar-refractivity contribution is 5.94. The second kappa shape index (κ2) is 4.21. The Bertz CT molecular complexity index is 625. The van der Waals surface area contributed by atoms with Crippen LogP contribution in [-0.2, 0) is 17.8 Å². The summed E-state index contributed by atoms with van der Waals surface area (Å²) in [7, 11) is 1.88. The molecule has 94 valence electrons. The Morgan fingerprint density at radius 1 is 1.39 bits per heavy atom. The van der Waals surface area contributed by atoms with E-state index in [-0.39, 0.29) is 5.82 Å². The number of ether oxygens (including phenoxy) is 1. The minimum Gasteiger partial charge on any atom is -0.387 e. The number of hydrogen-bond donors (Lipinski definition) is 1. The van der Waals surface area contributed by atoms with E-state index in [4.69, 9.17) is 4.74 Å². The van der Waals surface area contributed by atoms with Crippen LogP contribution in [0.1, 0.15) is 16.8 Å². The van der Waals surface area contributed by atoms with E-state index < -0.39 is 0 Å². The van der Waals surface area contributed by atoms with Crippen LogP contribution in [0.15, 0.2) is 12.1 Å². The van der Waals surface area contributed by atoms with Crippen LogP contribution in [0.2, 0.25) is 0 Å². The molecule has 2 aromatic rings. The second-order valence-corrected chi connectivity index (χ2v) is 4.58. The molecular weight excluding hydrogens is 231 g/mol. The number of pyridine rings is 1. The van der Waals surface area contributed by atoms with Gasteiger partial charge in [-0.15, -0.1) is 0 Å². The molecule has 2 heterocycles. The lowest BCUT2D eigenvalue weighted by molar-refractivity contribution is 0.110. The molecule has 0 aliphatic carbocycles. The van der Waals surface area contributed by atoms with E-state index in [1.54, 1.807) is 6.92 Å². The van der Waals surface area contributed by atoms with E-state index >= 15 is 0 Å². The highest BCUT2D eigenvalue weighted by Gasteiger charge is 2.18. The van der Waals surface area contributed by atoms with E-state index in [0.717, 1.165) is 28.8 Å². The molecule has 1 N–H and O–H groups in total. The third-order valence-electron chi connectivity index (χ3n) is 3.43. The van der Waals surface area contributed by atoms with E-state index in [2.05, 4.69) is 10.3 Å². The van der Waals surface area contributed by atoms with Gasteiger partial charge in [0.2, 0.25) is 0 Å². The van der Waals surface area contributed by atoms with Crippen molar-refractivity contribution in [2.45, 2.75) is 20.0 Å². The smallest absolute Gasteiger partial charge is 0.128 e. The van der Waals surface area contributed by atoms with Gasteiger partial charge in [0.05, 0.1) is 30.1 Å². The molecule has 1 aromatic carbocycles. The van der Waals surface area contributed by atoms with Crippen LogP contribution in [0.25, 0.3) is 10.9 Å². The van der Waals surface area contributed by atoms with Gasteiger partial charge in [0, 0.05) is 30.5 Å². The molecule has 3 rings (SSSR count). The number of halogens is 1. The van der Waals surface area contributed by atoms with Crippen LogP contribution < -0.4 is 5.32 Å². The zero-order chi connectivity index (χ0) is 12.7. The van der Waals surface area contributed by atoms with E-state index in [0.29, 0.717) is 24.3 Å². The quantitative estimate of drug-likeness (QED) is 0.840. The van der Waals surface area contributed by atoms with Crippen molar-refractivity contribution >= 4 is 16.6 Å². The molecule has 0 bridgehead atoms. The summed E-state index contributed by atoms with van der Waals surface area (Å²) in [6, 6.07) is 3.36. The monoisotopic (exact) mass is 246 g/mol. The summed E-state index contributed by atoms with van der Waals surface area (Å²) in [5, 5.41) is 4.16. The molecule has 4 heteroatoms. The van der Waals surface area contributed by atoms with Gasteiger partial charge in [0.25, 0.3) is 0 Å². The Morgan fingerprint density at radius 3 is 3.00 bits per heavy atom. The van der Waals surface area contributed by atoms with Gasteiger partial charge in [0.15, 0.2) is 0 Å². The molecule has 0 amide bonds. The number of nitrogens with one attached hydrogen (secondary N) is 1. The highest BCUT2D eigenvalue weighted by Crippen LogP contribution is 2.32. The van der Waals surface area contributed by atoms with Crippen molar-refractivity contribution in [3.63, 3.8) is 0 Å². The van der Waals surface area contributed by atoms with Crippen LogP contribution in [-0.4, -0.2) is 18.6 Å². The minimum absolute atomic E-state index is 0.205. The largest absolute Gasteiger partial charge is 0.387 e. The van der Waals surface area contributed by atoms with Crippen LogP contribution >= 0.6 is 0 Å². The van der Waals surface area contributed by atoms with Crippen molar-refractivity contribution in [3.05, 3.63) is 34.8 Å². The topological polar surface area (TPSA) is 34.2 Å². The Hall–Kier alpha value is -1.68. The van der Waals surface area contributed by atoms with Crippen molar-refractivity contribution < 1.29 is 9.13 Å². The number of fused-ring (bicyclic) bond motifs is 2. The first-order valence-electron chi connectivity index (χ1n) is 6.08.